The second-order valence-electron chi connectivity index (χ2n) is 5.76. The zero-order valence-electron chi connectivity index (χ0n) is 13.3. The van der Waals surface area contributed by atoms with Gasteiger partial charge >= 0.3 is 0 Å². The van der Waals surface area contributed by atoms with E-state index in [9.17, 15) is 13.6 Å². The van der Waals surface area contributed by atoms with Gasteiger partial charge in [0.15, 0.2) is 11.6 Å². The third-order valence-electron chi connectivity index (χ3n) is 3.83. The number of carbonyl (C=O) groups is 1. The van der Waals surface area contributed by atoms with Crippen LogP contribution in [0.2, 0.25) is 0 Å². The molecule has 1 aromatic heterocycles. The lowest BCUT2D eigenvalue weighted by Crippen LogP contribution is -2.22. The predicted molar refractivity (Wildman–Crippen MR) is 86.5 cm³/mol. The molecule has 1 fully saturated rings. The van der Waals surface area contributed by atoms with E-state index >= 15 is 0 Å². The Labute approximate surface area is 138 Å². The fourth-order valence-electron chi connectivity index (χ4n) is 2.61. The van der Waals surface area contributed by atoms with Crippen LogP contribution in [0.25, 0.3) is 0 Å². The number of nitrogens with zero attached hydrogens (tertiary/aromatic N) is 3. The molecule has 6 heteroatoms. The fourth-order valence-corrected chi connectivity index (χ4v) is 2.61. The average molecular weight is 329 g/mol. The molecule has 0 N–H and O–H groups in total. The van der Waals surface area contributed by atoms with Gasteiger partial charge < -0.3 is 0 Å². The van der Waals surface area contributed by atoms with Crippen molar-refractivity contribution in [3.63, 3.8) is 0 Å². The van der Waals surface area contributed by atoms with Gasteiger partial charge in [-0.1, -0.05) is 12.1 Å². The summed E-state index contributed by atoms with van der Waals surface area (Å²) in [5.74, 6) is -1.83. The van der Waals surface area contributed by atoms with E-state index in [1.165, 1.54) is 11.1 Å². The van der Waals surface area contributed by atoms with Crippen LogP contribution in [0.1, 0.15) is 29.8 Å². The van der Waals surface area contributed by atoms with Gasteiger partial charge in [-0.05, 0) is 43.2 Å². The van der Waals surface area contributed by atoms with Crippen molar-refractivity contribution >= 4 is 11.6 Å². The molecule has 0 spiro atoms. The number of halogens is 2. The summed E-state index contributed by atoms with van der Waals surface area (Å²) in [5.41, 5.74) is 2.57. The highest BCUT2D eigenvalue weighted by atomic mass is 19.2. The summed E-state index contributed by atoms with van der Waals surface area (Å²) < 4.78 is 26.6. The molecule has 0 unspecified atom stereocenters. The molecule has 2 aromatic rings. The molecule has 3 rings (SSSR count). The van der Waals surface area contributed by atoms with Gasteiger partial charge in [-0.25, -0.2) is 13.8 Å². The van der Waals surface area contributed by atoms with Crippen LogP contribution in [0.15, 0.2) is 41.5 Å². The van der Waals surface area contributed by atoms with E-state index in [0.29, 0.717) is 29.9 Å². The van der Waals surface area contributed by atoms with Crippen molar-refractivity contribution < 1.29 is 13.6 Å². The Morgan fingerprint density at radius 3 is 2.75 bits per heavy atom. The molecule has 1 aromatic carbocycles. The van der Waals surface area contributed by atoms with Crippen molar-refractivity contribution in [2.75, 3.05) is 6.54 Å². The minimum Gasteiger partial charge on any atom is -0.273 e. The van der Waals surface area contributed by atoms with Crippen LogP contribution in [-0.4, -0.2) is 28.2 Å². The molecule has 0 radical (unpaired) electrons. The molecule has 0 atom stereocenters. The number of aryl methyl sites for hydroxylation is 1. The molecule has 0 aliphatic carbocycles. The first-order chi connectivity index (χ1) is 11.5. The highest BCUT2D eigenvalue weighted by molar-refractivity contribution is 6.01. The minimum absolute atomic E-state index is 0.0366. The fraction of sp³-hybridized carbons (Fsp3) is 0.278. The smallest absolute Gasteiger partial charge is 0.242 e. The monoisotopic (exact) mass is 329 g/mol. The highest BCUT2D eigenvalue weighted by Gasteiger charge is 2.21. The molecule has 1 saturated heterocycles. The van der Waals surface area contributed by atoms with Crippen molar-refractivity contribution in [2.24, 2.45) is 5.10 Å². The lowest BCUT2D eigenvalue weighted by molar-refractivity contribution is -0.127. The number of aromatic nitrogens is 1. The van der Waals surface area contributed by atoms with Crippen molar-refractivity contribution in [3.05, 3.63) is 65.0 Å². The third kappa shape index (κ3) is 3.64. The molecule has 0 saturated carbocycles. The maximum Gasteiger partial charge on any atom is 0.242 e. The van der Waals surface area contributed by atoms with Crippen LogP contribution >= 0.6 is 0 Å². The van der Waals surface area contributed by atoms with E-state index in [4.69, 9.17) is 0 Å². The first-order valence-electron chi connectivity index (χ1n) is 7.79. The Kier molecular flexibility index (Phi) is 4.64. The van der Waals surface area contributed by atoms with Crippen molar-refractivity contribution in [1.82, 2.24) is 9.99 Å². The number of carbonyl (C=O) groups excluding carboxylic acids is 1. The highest BCUT2D eigenvalue weighted by Crippen LogP contribution is 2.15. The molecule has 0 bridgehead atoms. The first-order valence-corrected chi connectivity index (χ1v) is 7.79. The summed E-state index contributed by atoms with van der Waals surface area (Å²) in [7, 11) is 0. The van der Waals surface area contributed by atoms with Gasteiger partial charge in [0.05, 0.1) is 11.4 Å². The van der Waals surface area contributed by atoms with Gasteiger partial charge in [-0.3, -0.25) is 9.78 Å². The summed E-state index contributed by atoms with van der Waals surface area (Å²) in [4.78, 5) is 16.3. The predicted octanol–water partition coefficient (Wildman–Crippen LogP) is 3.24. The van der Waals surface area contributed by atoms with Gasteiger partial charge in [0, 0.05) is 25.1 Å². The molecule has 1 amide bonds. The quantitative estimate of drug-likeness (QED) is 0.809. The second kappa shape index (κ2) is 6.86. The number of rotatable bonds is 4. The SMILES string of the molecule is Cc1cccc(C(Cc2ccc(F)c(F)c2)=NN2CCCC2=O)n1. The van der Waals surface area contributed by atoms with E-state index in [1.54, 1.807) is 6.07 Å². The summed E-state index contributed by atoms with van der Waals surface area (Å²) in [5, 5.41) is 5.87. The molecule has 2 heterocycles. The Balaban J connectivity index is 1.96. The van der Waals surface area contributed by atoms with Gasteiger partial charge in [0.25, 0.3) is 0 Å². The standard InChI is InChI=1S/C18H17F2N3O/c1-12-4-2-5-16(21-12)17(22-23-9-3-6-18(23)24)11-13-7-8-14(19)15(20)10-13/h2,4-5,7-8,10H,3,6,9,11H2,1H3. The maximum atomic E-state index is 13.5. The third-order valence-corrected chi connectivity index (χ3v) is 3.83. The maximum absolute atomic E-state index is 13.5. The summed E-state index contributed by atoms with van der Waals surface area (Å²) in [6.45, 7) is 2.42. The Hall–Kier alpha value is -2.63. The first kappa shape index (κ1) is 16.2. The Morgan fingerprint density at radius 2 is 2.08 bits per heavy atom. The number of benzene rings is 1. The molecule has 4 nitrogen and oxygen atoms in total. The topological polar surface area (TPSA) is 45.6 Å². The van der Waals surface area contributed by atoms with Crippen molar-refractivity contribution in [3.8, 4) is 0 Å². The largest absolute Gasteiger partial charge is 0.273 e. The minimum atomic E-state index is -0.902. The number of hydrogen-bond donors (Lipinski definition) is 0. The van der Waals surface area contributed by atoms with E-state index in [1.807, 2.05) is 19.1 Å². The average Bonchev–Trinajstić information content (AvgIpc) is 2.95. The lowest BCUT2D eigenvalue weighted by atomic mass is 10.1. The van der Waals surface area contributed by atoms with Crippen molar-refractivity contribution in [1.29, 1.82) is 0 Å². The Bertz CT molecular complexity index is 805. The van der Waals surface area contributed by atoms with Crippen molar-refractivity contribution in [2.45, 2.75) is 26.2 Å². The van der Waals surface area contributed by atoms with Crippen LogP contribution in [0.3, 0.4) is 0 Å². The van der Waals surface area contributed by atoms with Gasteiger partial charge in [-0.2, -0.15) is 5.10 Å². The van der Waals surface area contributed by atoms with E-state index in [2.05, 4.69) is 10.1 Å². The van der Waals surface area contributed by atoms with Crippen LogP contribution in [-0.2, 0) is 11.2 Å². The molecular formula is C18H17F2N3O. The van der Waals surface area contributed by atoms with Gasteiger partial charge in [-0.15, -0.1) is 0 Å². The number of hydrogen-bond acceptors (Lipinski definition) is 3. The van der Waals surface area contributed by atoms with Crippen LogP contribution in [0, 0.1) is 18.6 Å². The molecule has 1 aliphatic heterocycles. The Morgan fingerprint density at radius 1 is 1.25 bits per heavy atom. The zero-order chi connectivity index (χ0) is 17.1. The summed E-state index contributed by atoms with van der Waals surface area (Å²) in [6, 6.07) is 9.26. The molecule has 124 valence electrons. The lowest BCUT2D eigenvalue weighted by Gasteiger charge is -2.13. The number of amides is 1. The zero-order valence-corrected chi connectivity index (χ0v) is 13.3. The normalized spacial score (nSPS) is 15.2. The number of hydrazone groups is 1. The van der Waals surface area contributed by atoms with Gasteiger partial charge in [0.1, 0.15) is 0 Å². The second-order valence-corrected chi connectivity index (χ2v) is 5.76. The molecule has 1 aliphatic rings. The summed E-state index contributed by atoms with van der Waals surface area (Å²) in [6.07, 6.45) is 1.50. The molecular weight excluding hydrogens is 312 g/mol. The number of pyridine rings is 1. The van der Waals surface area contributed by atoms with Gasteiger partial charge in [0.2, 0.25) is 5.91 Å². The van der Waals surface area contributed by atoms with Crippen LogP contribution in [0.4, 0.5) is 8.78 Å². The van der Waals surface area contributed by atoms with Crippen LogP contribution in [0.5, 0.6) is 0 Å². The summed E-state index contributed by atoms with van der Waals surface area (Å²) >= 11 is 0. The van der Waals surface area contributed by atoms with E-state index < -0.39 is 11.6 Å². The molecule has 24 heavy (non-hydrogen) atoms. The van der Waals surface area contributed by atoms with Crippen LogP contribution < -0.4 is 0 Å². The van der Waals surface area contributed by atoms with E-state index in [-0.39, 0.29) is 12.3 Å². The van der Waals surface area contributed by atoms with E-state index in [0.717, 1.165) is 24.2 Å².